The summed E-state index contributed by atoms with van der Waals surface area (Å²) in [6.07, 6.45) is 1.61. The van der Waals surface area contributed by atoms with Crippen LogP contribution >= 0.6 is 23.1 Å². The number of nitrogens with one attached hydrogen (secondary N) is 1. The van der Waals surface area contributed by atoms with Gasteiger partial charge in [0, 0.05) is 37.6 Å². The van der Waals surface area contributed by atoms with E-state index in [4.69, 9.17) is 0 Å². The lowest BCUT2D eigenvalue weighted by Gasteiger charge is -2.05. The molecule has 0 aliphatic heterocycles. The van der Waals surface area contributed by atoms with Crippen LogP contribution in [0.25, 0.3) is 10.1 Å². The standard InChI is InChI=1S/C22H15N3O3S2/c26-22(21-13-16-12-17(25(27)28)10-11-20(16)30-21)24-23-14-15-6-4-5-9-19(15)29-18-7-2-1-3-8-18/h1-14H,(H,24,26). The number of rotatable bonds is 6. The van der Waals surface area contributed by atoms with Crippen LogP contribution < -0.4 is 5.43 Å². The molecular weight excluding hydrogens is 418 g/mol. The van der Waals surface area contributed by atoms with Crippen LogP contribution in [0.3, 0.4) is 0 Å². The Morgan fingerprint density at radius 3 is 2.60 bits per heavy atom. The van der Waals surface area contributed by atoms with Crippen LogP contribution in [0.1, 0.15) is 15.2 Å². The number of hydrazone groups is 1. The third-order valence-electron chi connectivity index (χ3n) is 4.19. The minimum absolute atomic E-state index is 0.00204. The maximum Gasteiger partial charge on any atom is 0.281 e. The van der Waals surface area contributed by atoms with Gasteiger partial charge in [-0.3, -0.25) is 14.9 Å². The summed E-state index contributed by atoms with van der Waals surface area (Å²) in [6.45, 7) is 0. The molecule has 0 atom stereocenters. The fourth-order valence-corrected chi connectivity index (χ4v) is 4.63. The van der Waals surface area contributed by atoms with Gasteiger partial charge in [0.25, 0.3) is 11.6 Å². The maximum absolute atomic E-state index is 12.4. The van der Waals surface area contributed by atoms with E-state index in [-0.39, 0.29) is 11.6 Å². The number of thiophene rings is 1. The summed E-state index contributed by atoms with van der Waals surface area (Å²) in [6, 6.07) is 24.0. The number of amides is 1. The van der Waals surface area contributed by atoms with Gasteiger partial charge in [0.15, 0.2) is 0 Å². The first-order chi connectivity index (χ1) is 14.6. The van der Waals surface area contributed by atoms with Crippen LogP contribution in [0.15, 0.2) is 93.8 Å². The highest BCUT2D eigenvalue weighted by molar-refractivity contribution is 7.99. The molecule has 1 heterocycles. The van der Waals surface area contributed by atoms with Crippen molar-refractivity contribution in [3.63, 3.8) is 0 Å². The Labute approximate surface area is 180 Å². The molecule has 4 aromatic rings. The molecule has 1 amide bonds. The quantitative estimate of drug-likeness (QED) is 0.239. The highest BCUT2D eigenvalue weighted by Crippen LogP contribution is 2.30. The summed E-state index contributed by atoms with van der Waals surface area (Å²) in [5.74, 6) is -0.358. The van der Waals surface area contributed by atoms with Crippen molar-refractivity contribution in [3.8, 4) is 0 Å². The molecule has 4 rings (SSSR count). The molecule has 0 saturated carbocycles. The second-order valence-corrected chi connectivity index (χ2v) is 8.44. The molecule has 8 heteroatoms. The van der Waals surface area contributed by atoms with E-state index < -0.39 is 4.92 Å². The number of fused-ring (bicyclic) bond motifs is 1. The van der Waals surface area contributed by atoms with E-state index in [0.717, 1.165) is 20.1 Å². The van der Waals surface area contributed by atoms with Gasteiger partial charge in [0.2, 0.25) is 0 Å². The molecule has 0 bridgehead atoms. The van der Waals surface area contributed by atoms with E-state index in [1.807, 2.05) is 54.6 Å². The molecule has 0 spiro atoms. The Morgan fingerprint density at radius 2 is 1.80 bits per heavy atom. The Hall–Kier alpha value is -3.49. The predicted molar refractivity (Wildman–Crippen MR) is 121 cm³/mol. The fourth-order valence-electron chi connectivity index (χ4n) is 2.77. The monoisotopic (exact) mass is 433 g/mol. The van der Waals surface area contributed by atoms with Gasteiger partial charge in [0.1, 0.15) is 0 Å². The van der Waals surface area contributed by atoms with Gasteiger partial charge in [-0.05, 0) is 30.3 Å². The number of nitro benzene ring substituents is 1. The first-order valence-corrected chi connectivity index (χ1v) is 10.6. The van der Waals surface area contributed by atoms with E-state index in [2.05, 4.69) is 10.5 Å². The molecule has 30 heavy (non-hydrogen) atoms. The predicted octanol–water partition coefficient (Wildman–Crippen LogP) is 5.72. The number of benzene rings is 3. The molecule has 3 aromatic carbocycles. The van der Waals surface area contributed by atoms with Crippen LogP contribution in [0.2, 0.25) is 0 Å². The van der Waals surface area contributed by atoms with Crippen LogP contribution in [0.5, 0.6) is 0 Å². The number of carbonyl (C=O) groups excluding carboxylic acids is 1. The van der Waals surface area contributed by atoms with Crippen molar-refractivity contribution in [2.24, 2.45) is 5.10 Å². The summed E-state index contributed by atoms with van der Waals surface area (Å²) in [5.41, 5.74) is 3.42. The second-order valence-electron chi connectivity index (χ2n) is 6.24. The molecule has 6 nitrogen and oxygen atoms in total. The SMILES string of the molecule is O=C(NN=Cc1ccccc1Sc1ccccc1)c1cc2cc([N+](=O)[O-])ccc2s1. The van der Waals surface area contributed by atoms with Crippen LogP contribution in [0, 0.1) is 10.1 Å². The molecule has 1 N–H and O–H groups in total. The Kier molecular flexibility index (Phi) is 5.87. The third-order valence-corrected chi connectivity index (χ3v) is 6.41. The smallest absolute Gasteiger partial charge is 0.266 e. The molecule has 148 valence electrons. The second kappa shape index (κ2) is 8.89. The van der Waals surface area contributed by atoms with Gasteiger partial charge in [-0.1, -0.05) is 48.2 Å². The maximum atomic E-state index is 12.4. The van der Waals surface area contributed by atoms with Crippen LogP contribution in [-0.2, 0) is 0 Å². The zero-order valence-electron chi connectivity index (χ0n) is 15.5. The van der Waals surface area contributed by atoms with E-state index >= 15 is 0 Å². The summed E-state index contributed by atoms with van der Waals surface area (Å²) >= 11 is 2.88. The van der Waals surface area contributed by atoms with Crippen molar-refractivity contribution in [2.75, 3.05) is 0 Å². The number of non-ortho nitro benzene ring substituents is 1. The number of nitro groups is 1. The highest BCUT2D eigenvalue weighted by Gasteiger charge is 2.13. The number of carbonyl (C=O) groups is 1. The normalized spacial score (nSPS) is 11.1. The lowest BCUT2D eigenvalue weighted by Crippen LogP contribution is -2.16. The van der Waals surface area contributed by atoms with Gasteiger partial charge in [0.05, 0.1) is 16.0 Å². The summed E-state index contributed by atoms with van der Waals surface area (Å²) < 4.78 is 0.805. The lowest BCUT2D eigenvalue weighted by molar-refractivity contribution is -0.384. The Morgan fingerprint density at radius 1 is 1.03 bits per heavy atom. The molecule has 0 aliphatic carbocycles. The van der Waals surface area contributed by atoms with Crippen molar-refractivity contribution in [1.82, 2.24) is 5.43 Å². The van der Waals surface area contributed by atoms with Crippen molar-refractivity contribution in [1.29, 1.82) is 0 Å². The van der Waals surface area contributed by atoms with E-state index in [0.29, 0.717) is 10.3 Å². The molecule has 0 unspecified atom stereocenters. The fraction of sp³-hybridized carbons (Fsp3) is 0. The number of hydrogen-bond donors (Lipinski definition) is 1. The molecule has 0 radical (unpaired) electrons. The molecule has 0 saturated heterocycles. The first-order valence-electron chi connectivity index (χ1n) is 8.93. The van der Waals surface area contributed by atoms with Gasteiger partial charge in [-0.15, -0.1) is 11.3 Å². The topological polar surface area (TPSA) is 84.6 Å². The van der Waals surface area contributed by atoms with Crippen molar-refractivity contribution < 1.29 is 9.72 Å². The van der Waals surface area contributed by atoms with Gasteiger partial charge < -0.3 is 0 Å². The van der Waals surface area contributed by atoms with E-state index in [9.17, 15) is 14.9 Å². The molecule has 1 aromatic heterocycles. The van der Waals surface area contributed by atoms with Crippen molar-refractivity contribution >= 4 is 51.0 Å². The lowest BCUT2D eigenvalue weighted by atomic mass is 10.2. The van der Waals surface area contributed by atoms with E-state index in [1.165, 1.54) is 23.5 Å². The van der Waals surface area contributed by atoms with Crippen molar-refractivity contribution in [3.05, 3.63) is 99.4 Å². The Bertz CT molecular complexity index is 1250. The van der Waals surface area contributed by atoms with Gasteiger partial charge in [-0.2, -0.15) is 5.10 Å². The average Bonchev–Trinajstić information content (AvgIpc) is 3.19. The van der Waals surface area contributed by atoms with Gasteiger partial charge in [-0.25, -0.2) is 5.43 Å². The molecular formula is C22H15N3O3S2. The minimum atomic E-state index is -0.452. The molecule has 0 aliphatic rings. The Balaban J connectivity index is 1.48. The minimum Gasteiger partial charge on any atom is -0.266 e. The largest absolute Gasteiger partial charge is 0.281 e. The zero-order chi connectivity index (χ0) is 20.9. The zero-order valence-corrected chi connectivity index (χ0v) is 17.2. The average molecular weight is 434 g/mol. The first kappa shape index (κ1) is 19.8. The van der Waals surface area contributed by atoms with E-state index in [1.54, 1.807) is 30.1 Å². The summed E-state index contributed by atoms with van der Waals surface area (Å²) in [4.78, 5) is 25.5. The van der Waals surface area contributed by atoms with Crippen molar-refractivity contribution in [2.45, 2.75) is 9.79 Å². The van der Waals surface area contributed by atoms with Crippen LogP contribution in [-0.4, -0.2) is 17.0 Å². The highest BCUT2D eigenvalue weighted by atomic mass is 32.2. The summed E-state index contributed by atoms with van der Waals surface area (Å²) in [7, 11) is 0. The van der Waals surface area contributed by atoms with Crippen LogP contribution in [0.4, 0.5) is 5.69 Å². The number of hydrogen-bond acceptors (Lipinski definition) is 6. The molecule has 0 fully saturated rings. The third kappa shape index (κ3) is 4.56. The summed E-state index contributed by atoms with van der Waals surface area (Å²) in [5, 5.41) is 15.7. The number of nitrogens with zero attached hydrogens (tertiary/aromatic N) is 2. The van der Waals surface area contributed by atoms with Gasteiger partial charge >= 0.3 is 0 Å².